The molecule has 0 aromatic heterocycles. The van der Waals surface area contributed by atoms with Gasteiger partial charge in [-0.2, -0.15) is 0 Å². The highest BCUT2D eigenvalue weighted by Gasteiger charge is 2.67. The number of hydrogen-bond donors (Lipinski definition) is 0. The molecule has 1 saturated heterocycles. The Morgan fingerprint density at radius 1 is 1.10 bits per heavy atom. The summed E-state index contributed by atoms with van der Waals surface area (Å²) in [7, 11) is 0. The standard InChI is InChI=1S/C22H30O8/c1-12(2)6-18(24)29-17-8-16-15(9-26-14(5)23)10-27-21(20(16)22(17)11-28-22)30-19(25)7-13(3)4/h8,10,12-13,17,20-21H,6-7,9,11H2,1-5H3/t17-,20-,21+,22-/m1/s1. The van der Waals surface area contributed by atoms with E-state index in [1.165, 1.54) is 13.2 Å². The first kappa shape index (κ1) is 22.3. The number of esters is 3. The summed E-state index contributed by atoms with van der Waals surface area (Å²) >= 11 is 0. The van der Waals surface area contributed by atoms with Gasteiger partial charge in [-0.1, -0.05) is 27.7 Å². The van der Waals surface area contributed by atoms with E-state index >= 15 is 0 Å². The summed E-state index contributed by atoms with van der Waals surface area (Å²) in [5, 5.41) is 0. The molecule has 1 aliphatic carbocycles. The summed E-state index contributed by atoms with van der Waals surface area (Å²) in [6, 6.07) is 0. The Morgan fingerprint density at radius 3 is 2.23 bits per heavy atom. The number of epoxide rings is 1. The van der Waals surface area contributed by atoms with Crippen molar-refractivity contribution >= 4 is 17.9 Å². The molecule has 2 aliphatic heterocycles. The van der Waals surface area contributed by atoms with Gasteiger partial charge in [-0.05, 0) is 23.5 Å². The molecule has 0 aromatic carbocycles. The van der Waals surface area contributed by atoms with Gasteiger partial charge in [0.1, 0.15) is 12.2 Å². The van der Waals surface area contributed by atoms with E-state index in [0.717, 1.165) is 5.57 Å². The molecule has 8 heteroatoms. The number of fused-ring (bicyclic) bond motifs is 2. The topological polar surface area (TPSA) is 101 Å². The van der Waals surface area contributed by atoms with Crippen LogP contribution in [0.5, 0.6) is 0 Å². The summed E-state index contributed by atoms with van der Waals surface area (Å²) in [5.41, 5.74) is 0.550. The second-order valence-corrected chi connectivity index (χ2v) is 8.87. The van der Waals surface area contributed by atoms with Gasteiger partial charge in [-0.3, -0.25) is 14.4 Å². The van der Waals surface area contributed by atoms with Crippen molar-refractivity contribution in [3.8, 4) is 0 Å². The molecule has 4 atom stereocenters. The van der Waals surface area contributed by atoms with E-state index in [-0.39, 0.29) is 36.8 Å². The Balaban J connectivity index is 1.83. The van der Waals surface area contributed by atoms with Crippen LogP contribution in [0.3, 0.4) is 0 Å². The fraction of sp³-hybridized carbons (Fsp3) is 0.682. The van der Waals surface area contributed by atoms with Gasteiger partial charge in [0.2, 0.25) is 0 Å². The van der Waals surface area contributed by atoms with Crippen molar-refractivity contribution < 1.29 is 38.1 Å². The van der Waals surface area contributed by atoms with E-state index in [1.54, 1.807) is 6.08 Å². The second-order valence-electron chi connectivity index (χ2n) is 8.87. The minimum absolute atomic E-state index is 0.00701. The van der Waals surface area contributed by atoms with Crippen molar-refractivity contribution in [2.75, 3.05) is 13.2 Å². The molecular formula is C22H30O8. The predicted molar refractivity (Wildman–Crippen MR) is 105 cm³/mol. The Bertz CT molecular complexity index is 759. The Kier molecular flexibility index (Phi) is 6.55. The van der Waals surface area contributed by atoms with Crippen LogP contribution in [0.1, 0.15) is 47.5 Å². The normalized spacial score (nSPS) is 29.1. The summed E-state index contributed by atoms with van der Waals surface area (Å²) < 4.78 is 28.0. The van der Waals surface area contributed by atoms with Gasteiger partial charge in [0.05, 0.1) is 18.8 Å². The molecule has 2 heterocycles. The molecule has 8 nitrogen and oxygen atoms in total. The van der Waals surface area contributed by atoms with Gasteiger partial charge < -0.3 is 23.7 Å². The van der Waals surface area contributed by atoms with E-state index in [0.29, 0.717) is 18.6 Å². The van der Waals surface area contributed by atoms with Gasteiger partial charge in [0.15, 0.2) is 6.10 Å². The first-order valence-electron chi connectivity index (χ1n) is 10.3. The van der Waals surface area contributed by atoms with Crippen LogP contribution in [0.25, 0.3) is 0 Å². The lowest BCUT2D eigenvalue weighted by molar-refractivity contribution is -0.186. The Labute approximate surface area is 176 Å². The van der Waals surface area contributed by atoms with Crippen molar-refractivity contribution in [2.24, 2.45) is 17.8 Å². The number of ether oxygens (including phenoxy) is 5. The maximum atomic E-state index is 12.3. The van der Waals surface area contributed by atoms with Crippen LogP contribution in [0.15, 0.2) is 23.5 Å². The Hall–Kier alpha value is -2.35. The molecule has 0 aromatic rings. The van der Waals surface area contributed by atoms with Crippen LogP contribution in [-0.2, 0) is 38.1 Å². The van der Waals surface area contributed by atoms with E-state index in [2.05, 4.69) is 0 Å². The molecular weight excluding hydrogens is 392 g/mol. The highest BCUT2D eigenvalue weighted by molar-refractivity contribution is 5.71. The molecule has 0 bridgehead atoms. The largest absolute Gasteiger partial charge is 0.461 e. The van der Waals surface area contributed by atoms with Crippen LogP contribution >= 0.6 is 0 Å². The van der Waals surface area contributed by atoms with Crippen molar-refractivity contribution in [3.63, 3.8) is 0 Å². The van der Waals surface area contributed by atoms with Crippen LogP contribution in [0.4, 0.5) is 0 Å². The predicted octanol–water partition coefficient (Wildman–Crippen LogP) is 2.66. The molecule has 1 spiro atoms. The van der Waals surface area contributed by atoms with Gasteiger partial charge in [-0.15, -0.1) is 0 Å². The van der Waals surface area contributed by atoms with Crippen molar-refractivity contribution in [2.45, 2.75) is 65.5 Å². The van der Waals surface area contributed by atoms with Crippen LogP contribution in [0.2, 0.25) is 0 Å². The third kappa shape index (κ3) is 4.86. The SMILES string of the molecule is CC(=O)OCC1=CO[C@@H](OC(=O)CC(C)C)[C@H]2C1=C[C@@H](OC(=O)CC(C)C)[C@]21CO1. The summed E-state index contributed by atoms with van der Waals surface area (Å²) in [6.45, 7) is 9.41. The molecule has 1 fully saturated rings. The molecule has 0 radical (unpaired) electrons. The van der Waals surface area contributed by atoms with Crippen LogP contribution < -0.4 is 0 Å². The minimum atomic E-state index is -0.903. The highest BCUT2D eigenvalue weighted by atomic mass is 16.7. The lowest BCUT2D eigenvalue weighted by Crippen LogP contribution is -2.44. The molecule has 0 saturated carbocycles. The summed E-state index contributed by atoms with van der Waals surface area (Å²) in [6.07, 6.45) is 2.26. The van der Waals surface area contributed by atoms with Gasteiger partial charge >= 0.3 is 17.9 Å². The van der Waals surface area contributed by atoms with Gasteiger partial charge in [-0.25, -0.2) is 0 Å². The van der Waals surface area contributed by atoms with E-state index in [9.17, 15) is 14.4 Å². The van der Waals surface area contributed by atoms with E-state index < -0.39 is 29.9 Å². The monoisotopic (exact) mass is 422 g/mol. The third-order valence-electron chi connectivity index (χ3n) is 5.23. The maximum Gasteiger partial charge on any atom is 0.309 e. The van der Waals surface area contributed by atoms with Gasteiger partial charge in [0.25, 0.3) is 6.29 Å². The quantitative estimate of drug-likeness (QED) is 0.334. The van der Waals surface area contributed by atoms with E-state index in [4.69, 9.17) is 23.7 Å². The number of carbonyl (C=O) groups is 3. The molecule has 0 amide bonds. The minimum Gasteiger partial charge on any atom is -0.461 e. The number of hydrogen-bond acceptors (Lipinski definition) is 8. The molecule has 166 valence electrons. The summed E-state index contributed by atoms with van der Waals surface area (Å²) in [5.74, 6) is -1.28. The first-order chi connectivity index (χ1) is 14.1. The van der Waals surface area contributed by atoms with Gasteiger partial charge in [0, 0.05) is 25.3 Å². The zero-order valence-corrected chi connectivity index (χ0v) is 18.1. The molecule has 30 heavy (non-hydrogen) atoms. The Morgan fingerprint density at radius 2 is 1.70 bits per heavy atom. The summed E-state index contributed by atoms with van der Waals surface area (Å²) in [4.78, 5) is 35.9. The first-order valence-corrected chi connectivity index (χ1v) is 10.3. The lowest BCUT2D eigenvalue weighted by atomic mass is 9.85. The molecule has 3 aliphatic rings. The number of rotatable bonds is 8. The molecule has 3 rings (SSSR count). The van der Waals surface area contributed by atoms with E-state index in [1.807, 2.05) is 27.7 Å². The lowest BCUT2D eigenvalue weighted by Gasteiger charge is -2.33. The highest BCUT2D eigenvalue weighted by Crippen LogP contribution is 2.54. The smallest absolute Gasteiger partial charge is 0.309 e. The van der Waals surface area contributed by atoms with Crippen LogP contribution in [0, 0.1) is 17.8 Å². The van der Waals surface area contributed by atoms with Crippen molar-refractivity contribution in [3.05, 3.63) is 23.5 Å². The van der Waals surface area contributed by atoms with Crippen LogP contribution in [-0.4, -0.2) is 49.1 Å². The maximum absolute atomic E-state index is 12.3. The number of carbonyl (C=O) groups excluding carboxylic acids is 3. The molecule has 0 unspecified atom stereocenters. The fourth-order valence-electron chi connectivity index (χ4n) is 3.82. The van der Waals surface area contributed by atoms with Crippen molar-refractivity contribution in [1.29, 1.82) is 0 Å². The fourth-order valence-corrected chi connectivity index (χ4v) is 3.82. The van der Waals surface area contributed by atoms with Crippen molar-refractivity contribution in [1.82, 2.24) is 0 Å². The third-order valence-corrected chi connectivity index (χ3v) is 5.23. The zero-order chi connectivity index (χ0) is 22.1. The zero-order valence-electron chi connectivity index (χ0n) is 18.1. The molecule has 0 N–H and O–H groups in total. The average molecular weight is 422 g/mol. The second kappa shape index (κ2) is 8.79. The average Bonchev–Trinajstić information content (AvgIpc) is 3.33.